The van der Waals surface area contributed by atoms with Gasteiger partial charge >= 0.3 is 0 Å². The van der Waals surface area contributed by atoms with Crippen LogP contribution in [0.5, 0.6) is 0 Å². The second kappa shape index (κ2) is 15.6. The van der Waals surface area contributed by atoms with Crippen LogP contribution in [-0.2, 0) is 5.41 Å². The summed E-state index contributed by atoms with van der Waals surface area (Å²) in [4.78, 5) is 2.56. The fourth-order valence-electron chi connectivity index (χ4n) is 10.6. The lowest BCUT2D eigenvalue weighted by Gasteiger charge is -2.32. The maximum atomic E-state index is 2.56. The topological polar surface area (TPSA) is 8.17 Å². The van der Waals surface area contributed by atoms with Crippen molar-refractivity contribution in [3.63, 3.8) is 0 Å². The molecule has 0 radical (unpaired) electrons. The van der Waals surface area contributed by atoms with Crippen LogP contribution in [0.1, 0.15) is 25.0 Å². The maximum Gasteiger partial charge on any atom is 0.0562 e. The first kappa shape index (κ1) is 38.5. The fraction of sp³-hybridized carbons (Fsp3) is 0.0476. The second-order valence-corrected chi connectivity index (χ2v) is 17.7. The van der Waals surface area contributed by atoms with Gasteiger partial charge in [-0.2, -0.15) is 0 Å². The molecule has 0 saturated heterocycles. The SMILES string of the molecule is CC1(C)c2cc(-c3ccccc3)ccc2-c2ccc(N(c3cccc(-c4ccccc4)c3-c3ccccc3-c3ccccc3)c3cccc4c3c3ccccc3n4-c3ccccc3)cc21. The molecule has 12 rings (SSSR count). The number of aromatic nitrogens is 1. The van der Waals surface area contributed by atoms with Crippen molar-refractivity contribution >= 4 is 38.9 Å². The van der Waals surface area contributed by atoms with E-state index in [0.29, 0.717) is 0 Å². The average molecular weight is 831 g/mol. The summed E-state index contributed by atoms with van der Waals surface area (Å²) >= 11 is 0. The number of rotatable bonds is 8. The highest BCUT2D eigenvalue weighted by Crippen LogP contribution is 2.54. The predicted octanol–water partition coefficient (Wildman–Crippen LogP) is 17.2. The highest BCUT2D eigenvalue weighted by molar-refractivity contribution is 6.17. The summed E-state index contributed by atoms with van der Waals surface area (Å²) in [5.74, 6) is 0. The first-order valence-electron chi connectivity index (χ1n) is 22.6. The highest BCUT2D eigenvalue weighted by Gasteiger charge is 2.37. The summed E-state index contributed by atoms with van der Waals surface area (Å²) in [5, 5.41) is 2.41. The second-order valence-electron chi connectivity index (χ2n) is 17.7. The standard InChI is InChI=1S/C63H46N2/c1-63(2)55-41-46(43-21-7-3-8-22-43)37-39-51(55)52-40-38-48(42-56(52)63)65(60-36-20-35-59-62(60)54-31-17-18-33-57(54)64(59)47-27-13-6-14-28-47)58-34-19-32-50(45-25-11-5-12-26-45)61(58)53-30-16-15-29-49(53)44-23-9-4-10-24-44/h3-42H,1-2H3. The lowest BCUT2D eigenvalue weighted by molar-refractivity contribution is 0.660. The third-order valence-corrected chi connectivity index (χ3v) is 13.6. The number of benzene rings is 10. The molecule has 0 fully saturated rings. The Balaban J connectivity index is 1.17. The van der Waals surface area contributed by atoms with Gasteiger partial charge in [-0.05, 0) is 116 Å². The summed E-state index contributed by atoms with van der Waals surface area (Å²) < 4.78 is 2.42. The van der Waals surface area contributed by atoms with Crippen LogP contribution in [0.25, 0.3) is 83.1 Å². The van der Waals surface area contributed by atoms with Crippen molar-refractivity contribution in [2.24, 2.45) is 0 Å². The van der Waals surface area contributed by atoms with E-state index in [1.165, 1.54) is 83.1 Å². The Morgan fingerprint density at radius 1 is 0.354 bits per heavy atom. The Kier molecular flexibility index (Phi) is 9.21. The van der Waals surface area contributed by atoms with E-state index in [9.17, 15) is 0 Å². The monoisotopic (exact) mass is 830 g/mol. The summed E-state index contributed by atoms with van der Waals surface area (Å²) in [6.45, 7) is 4.79. The zero-order valence-electron chi connectivity index (χ0n) is 36.5. The molecule has 308 valence electrons. The van der Waals surface area contributed by atoms with E-state index < -0.39 is 0 Å². The normalized spacial score (nSPS) is 12.6. The lowest BCUT2D eigenvalue weighted by atomic mass is 9.81. The van der Waals surface area contributed by atoms with Crippen LogP contribution in [0, 0.1) is 0 Å². The van der Waals surface area contributed by atoms with Gasteiger partial charge in [0, 0.05) is 33.1 Å². The number of hydrogen-bond donors (Lipinski definition) is 0. The number of hydrogen-bond acceptors (Lipinski definition) is 1. The largest absolute Gasteiger partial charge is 0.309 e. The molecule has 0 atom stereocenters. The van der Waals surface area contributed by atoms with Crippen LogP contribution in [0.3, 0.4) is 0 Å². The quantitative estimate of drug-likeness (QED) is 0.148. The minimum absolute atomic E-state index is 0.249. The van der Waals surface area contributed by atoms with Crippen LogP contribution >= 0.6 is 0 Å². The van der Waals surface area contributed by atoms with E-state index in [1.807, 2.05) is 0 Å². The molecule has 65 heavy (non-hydrogen) atoms. The molecule has 2 heteroatoms. The van der Waals surface area contributed by atoms with Crippen molar-refractivity contribution in [1.29, 1.82) is 0 Å². The molecule has 2 nitrogen and oxygen atoms in total. The minimum atomic E-state index is -0.249. The van der Waals surface area contributed by atoms with Gasteiger partial charge in [0.2, 0.25) is 0 Å². The molecular formula is C63H46N2. The molecule has 0 bridgehead atoms. The molecule has 1 aliphatic carbocycles. The van der Waals surface area contributed by atoms with E-state index in [-0.39, 0.29) is 5.41 Å². The summed E-state index contributed by atoms with van der Waals surface area (Å²) in [6.07, 6.45) is 0. The number of nitrogens with zero attached hydrogens (tertiary/aromatic N) is 2. The lowest BCUT2D eigenvalue weighted by Crippen LogP contribution is -2.17. The Morgan fingerprint density at radius 3 is 1.60 bits per heavy atom. The molecule has 1 heterocycles. The van der Waals surface area contributed by atoms with Gasteiger partial charge in [0.1, 0.15) is 0 Å². The Hall–Kier alpha value is -8.20. The molecule has 10 aromatic carbocycles. The first-order chi connectivity index (χ1) is 32.0. The number of para-hydroxylation sites is 2. The third-order valence-electron chi connectivity index (χ3n) is 13.6. The van der Waals surface area contributed by atoms with Gasteiger partial charge in [-0.1, -0.05) is 202 Å². The molecule has 0 amide bonds. The van der Waals surface area contributed by atoms with Crippen LogP contribution in [0.2, 0.25) is 0 Å². The molecule has 0 saturated carbocycles. The molecule has 0 spiro atoms. The molecule has 1 aromatic heterocycles. The number of anilines is 3. The van der Waals surface area contributed by atoms with Crippen molar-refractivity contribution in [2.75, 3.05) is 4.90 Å². The fourth-order valence-corrected chi connectivity index (χ4v) is 10.6. The molecule has 0 aliphatic heterocycles. The Labute approximate surface area is 381 Å². The van der Waals surface area contributed by atoms with Crippen molar-refractivity contribution < 1.29 is 0 Å². The third kappa shape index (κ3) is 6.32. The predicted molar refractivity (Wildman–Crippen MR) is 275 cm³/mol. The molecule has 0 unspecified atom stereocenters. The zero-order chi connectivity index (χ0) is 43.5. The molecule has 11 aromatic rings. The van der Waals surface area contributed by atoms with Gasteiger partial charge in [0.05, 0.1) is 22.4 Å². The van der Waals surface area contributed by atoms with E-state index in [0.717, 1.165) is 28.3 Å². The smallest absolute Gasteiger partial charge is 0.0562 e. The Bertz CT molecular complexity index is 3550. The van der Waals surface area contributed by atoms with Gasteiger partial charge in [0.25, 0.3) is 0 Å². The van der Waals surface area contributed by atoms with E-state index >= 15 is 0 Å². The van der Waals surface area contributed by atoms with Gasteiger partial charge in [-0.3, -0.25) is 0 Å². The summed E-state index contributed by atoms with van der Waals surface area (Å²) in [6, 6.07) is 89.0. The average Bonchev–Trinajstić information content (AvgIpc) is 3.83. The van der Waals surface area contributed by atoms with Gasteiger partial charge in [-0.15, -0.1) is 0 Å². The van der Waals surface area contributed by atoms with E-state index in [2.05, 4.69) is 266 Å². The maximum absolute atomic E-state index is 2.56. The van der Waals surface area contributed by atoms with Gasteiger partial charge in [-0.25, -0.2) is 0 Å². The van der Waals surface area contributed by atoms with Crippen molar-refractivity contribution in [2.45, 2.75) is 19.3 Å². The zero-order valence-corrected chi connectivity index (χ0v) is 36.5. The van der Waals surface area contributed by atoms with Gasteiger partial charge < -0.3 is 9.47 Å². The molecule has 0 N–H and O–H groups in total. The summed E-state index contributed by atoms with van der Waals surface area (Å²) in [5.41, 5.74) is 21.4. The molecule has 1 aliphatic rings. The summed E-state index contributed by atoms with van der Waals surface area (Å²) in [7, 11) is 0. The Morgan fingerprint density at radius 2 is 0.877 bits per heavy atom. The minimum Gasteiger partial charge on any atom is -0.309 e. The van der Waals surface area contributed by atoms with Crippen LogP contribution in [0.4, 0.5) is 17.1 Å². The van der Waals surface area contributed by atoms with E-state index in [1.54, 1.807) is 0 Å². The van der Waals surface area contributed by atoms with E-state index in [4.69, 9.17) is 0 Å². The van der Waals surface area contributed by atoms with Gasteiger partial charge in [0.15, 0.2) is 0 Å². The van der Waals surface area contributed by atoms with Crippen molar-refractivity contribution in [1.82, 2.24) is 4.57 Å². The van der Waals surface area contributed by atoms with Crippen LogP contribution < -0.4 is 4.90 Å². The first-order valence-corrected chi connectivity index (χ1v) is 22.6. The highest BCUT2D eigenvalue weighted by atomic mass is 15.2. The van der Waals surface area contributed by atoms with Crippen molar-refractivity contribution in [3.8, 4) is 61.3 Å². The van der Waals surface area contributed by atoms with Crippen LogP contribution in [-0.4, -0.2) is 4.57 Å². The van der Waals surface area contributed by atoms with Crippen LogP contribution in [0.15, 0.2) is 243 Å². The number of fused-ring (bicyclic) bond motifs is 6. The van der Waals surface area contributed by atoms with Crippen molar-refractivity contribution in [3.05, 3.63) is 254 Å². The molecular weight excluding hydrogens is 785 g/mol.